The summed E-state index contributed by atoms with van der Waals surface area (Å²) in [6.45, 7) is 2.66. The van der Waals surface area contributed by atoms with E-state index in [-0.39, 0.29) is 12.6 Å². The quantitative estimate of drug-likeness (QED) is 0.389. The third-order valence-electron chi connectivity index (χ3n) is 5.62. The minimum Gasteiger partial charge on any atom is -0.423 e. The number of aliphatic imine (C=N–C) groups is 1. The van der Waals surface area contributed by atoms with E-state index in [9.17, 15) is 5.11 Å². The van der Waals surface area contributed by atoms with Crippen molar-refractivity contribution < 1.29 is 9.52 Å². The Morgan fingerprint density at radius 1 is 1.00 bits per heavy atom. The summed E-state index contributed by atoms with van der Waals surface area (Å²) in [4.78, 5) is 11.6. The fourth-order valence-corrected chi connectivity index (χ4v) is 4.10. The van der Waals surface area contributed by atoms with Gasteiger partial charge in [-0.2, -0.15) is 4.98 Å². The fourth-order valence-electron chi connectivity index (χ4n) is 3.85. The van der Waals surface area contributed by atoms with Crippen LogP contribution < -0.4 is 5.32 Å². The van der Waals surface area contributed by atoms with Gasteiger partial charge in [0.15, 0.2) is 5.58 Å². The van der Waals surface area contributed by atoms with Crippen molar-refractivity contribution in [3.8, 4) is 0 Å². The molecule has 6 nitrogen and oxygen atoms in total. The topological polar surface area (TPSA) is 73.9 Å². The van der Waals surface area contributed by atoms with Crippen molar-refractivity contribution in [2.75, 3.05) is 5.32 Å². The molecule has 0 aliphatic carbocycles. The van der Waals surface area contributed by atoms with E-state index in [0.717, 1.165) is 27.9 Å². The number of rotatable bonds is 5. The molecule has 1 unspecified atom stereocenters. The highest BCUT2D eigenvalue weighted by Gasteiger charge is 2.25. The molecule has 0 fully saturated rings. The predicted molar refractivity (Wildman–Crippen MR) is 131 cm³/mol. The van der Waals surface area contributed by atoms with Gasteiger partial charge in [0.2, 0.25) is 5.96 Å². The Morgan fingerprint density at radius 3 is 2.48 bits per heavy atom. The van der Waals surface area contributed by atoms with E-state index in [1.165, 1.54) is 0 Å². The maximum atomic E-state index is 9.34. The number of halogens is 1. The zero-order valence-corrected chi connectivity index (χ0v) is 18.8. The lowest BCUT2D eigenvalue weighted by Crippen LogP contribution is -2.37. The highest BCUT2D eigenvalue weighted by Crippen LogP contribution is 2.32. The lowest BCUT2D eigenvalue weighted by molar-refractivity contribution is 0.282. The minimum absolute atomic E-state index is 0.0222. The number of oxazole rings is 1. The van der Waals surface area contributed by atoms with Crippen LogP contribution in [0.25, 0.3) is 11.1 Å². The Morgan fingerprint density at radius 2 is 1.73 bits per heavy atom. The Labute approximate surface area is 196 Å². The number of benzene rings is 3. The molecule has 2 N–H and O–H groups in total. The van der Waals surface area contributed by atoms with Crippen LogP contribution in [0.4, 0.5) is 6.01 Å². The largest absolute Gasteiger partial charge is 0.423 e. The SMILES string of the molecule is CC1=CC(c2ccccc2Cl)N=C(Nc2nc3ccccc3o2)N1Cc1ccc(CO)cc1. The molecule has 4 aromatic rings. The normalized spacial score (nSPS) is 16.0. The third kappa shape index (κ3) is 4.49. The molecule has 1 aliphatic heterocycles. The molecule has 3 aromatic carbocycles. The van der Waals surface area contributed by atoms with Gasteiger partial charge in [-0.1, -0.05) is 66.2 Å². The van der Waals surface area contributed by atoms with Gasteiger partial charge in [-0.3, -0.25) is 5.32 Å². The predicted octanol–water partition coefficient (Wildman–Crippen LogP) is 5.90. The second-order valence-electron chi connectivity index (χ2n) is 7.90. The van der Waals surface area contributed by atoms with E-state index in [4.69, 9.17) is 21.0 Å². The zero-order valence-electron chi connectivity index (χ0n) is 18.1. The van der Waals surface area contributed by atoms with Crippen LogP contribution >= 0.6 is 11.6 Å². The van der Waals surface area contributed by atoms with Crippen LogP contribution in [-0.4, -0.2) is 20.9 Å². The Balaban J connectivity index is 1.50. The van der Waals surface area contributed by atoms with Crippen LogP contribution in [0.2, 0.25) is 5.02 Å². The van der Waals surface area contributed by atoms with E-state index in [1.807, 2.05) is 79.7 Å². The molecule has 7 heteroatoms. The molecule has 0 radical (unpaired) electrons. The number of guanidine groups is 1. The van der Waals surface area contributed by atoms with Crippen LogP contribution in [0.5, 0.6) is 0 Å². The first kappa shape index (κ1) is 21.2. The molecular formula is C26H23ClN4O2. The summed E-state index contributed by atoms with van der Waals surface area (Å²) < 4.78 is 5.90. The van der Waals surface area contributed by atoms with E-state index in [1.54, 1.807) is 0 Å². The summed E-state index contributed by atoms with van der Waals surface area (Å²) in [5.41, 5.74) is 5.40. The number of aliphatic hydroxyl groups is 1. The third-order valence-corrected chi connectivity index (χ3v) is 5.97. The van der Waals surface area contributed by atoms with Crippen LogP contribution in [-0.2, 0) is 13.2 Å². The number of anilines is 1. The Bertz CT molecular complexity index is 1310. The van der Waals surface area contributed by atoms with Gasteiger partial charge in [0.1, 0.15) is 11.6 Å². The van der Waals surface area contributed by atoms with Crippen LogP contribution in [0.15, 0.2) is 94.0 Å². The molecule has 0 saturated carbocycles. The number of para-hydroxylation sites is 2. The molecule has 1 atom stereocenters. The number of nitrogens with one attached hydrogen (secondary N) is 1. The number of allylic oxidation sites excluding steroid dienone is 1. The van der Waals surface area contributed by atoms with Gasteiger partial charge in [-0.25, -0.2) is 4.99 Å². The summed E-state index contributed by atoms with van der Waals surface area (Å²) in [5.74, 6) is 0.623. The molecule has 33 heavy (non-hydrogen) atoms. The van der Waals surface area contributed by atoms with E-state index in [2.05, 4.69) is 21.3 Å². The standard InChI is InChI=1S/C26H23ClN4O2/c1-17-14-23(20-6-2-3-7-21(20)27)28-25(30-26-29-22-8-4-5-9-24(22)33-26)31(17)15-18-10-12-19(16-32)13-11-18/h2-14,23,32H,15-16H2,1H3,(H,28,29,30). The highest BCUT2D eigenvalue weighted by atomic mass is 35.5. The monoisotopic (exact) mass is 458 g/mol. The number of fused-ring (bicyclic) bond motifs is 1. The summed E-state index contributed by atoms with van der Waals surface area (Å²) in [5, 5.41) is 13.3. The number of aliphatic hydroxyl groups excluding tert-OH is 1. The molecule has 1 aromatic heterocycles. The van der Waals surface area contributed by atoms with Crippen LogP contribution in [0.1, 0.15) is 29.7 Å². The maximum Gasteiger partial charge on any atom is 0.302 e. The number of aromatic nitrogens is 1. The Kier molecular flexibility index (Phi) is 5.86. The van der Waals surface area contributed by atoms with Gasteiger partial charge >= 0.3 is 6.01 Å². The first-order valence-corrected chi connectivity index (χ1v) is 11.1. The van der Waals surface area contributed by atoms with Crippen LogP contribution in [0, 0.1) is 0 Å². The molecule has 1 aliphatic rings. The summed E-state index contributed by atoms with van der Waals surface area (Å²) in [7, 11) is 0. The minimum atomic E-state index is -0.237. The van der Waals surface area contributed by atoms with Crippen molar-refractivity contribution in [1.82, 2.24) is 9.88 Å². The number of nitrogens with zero attached hydrogens (tertiary/aromatic N) is 3. The smallest absolute Gasteiger partial charge is 0.302 e. The fraction of sp³-hybridized carbons (Fsp3) is 0.154. The van der Waals surface area contributed by atoms with Gasteiger partial charge in [-0.05, 0) is 47.9 Å². The molecule has 0 bridgehead atoms. The lowest BCUT2D eigenvalue weighted by atomic mass is 10.0. The molecule has 166 valence electrons. The highest BCUT2D eigenvalue weighted by molar-refractivity contribution is 6.31. The molecule has 2 heterocycles. The summed E-state index contributed by atoms with van der Waals surface area (Å²) in [6.07, 6.45) is 2.10. The van der Waals surface area contributed by atoms with Crippen molar-refractivity contribution in [2.45, 2.75) is 26.1 Å². The lowest BCUT2D eigenvalue weighted by Gasteiger charge is -2.32. The van der Waals surface area contributed by atoms with Gasteiger partial charge in [-0.15, -0.1) is 0 Å². The average molecular weight is 459 g/mol. The zero-order chi connectivity index (χ0) is 22.8. The first-order valence-electron chi connectivity index (χ1n) is 10.7. The molecule has 0 amide bonds. The van der Waals surface area contributed by atoms with Gasteiger partial charge in [0.05, 0.1) is 13.2 Å². The second kappa shape index (κ2) is 9.10. The van der Waals surface area contributed by atoms with E-state index in [0.29, 0.717) is 29.1 Å². The van der Waals surface area contributed by atoms with E-state index >= 15 is 0 Å². The maximum absolute atomic E-state index is 9.34. The summed E-state index contributed by atoms with van der Waals surface area (Å²) in [6, 6.07) is 23.4. The molecule has 0 saturated heterocycles. The number of hydrogen-bond donors (Lipinski definition) is 2. The number of hydrogen-bond acceptors (Lipinski definition) is 6. The Hall–Kier alpha value is -3.61. The van der Waals surface area contributed by atoms with Crippen LogP contribution in [0.3, 0.4) is 0 Å². The average Bonchev–Trinajstić information content (AvgIpc) is 3.24. The second-order valence-corrected chi connectivity index (χ2v) is 8.31. The van der Waals surface area contributed by atoms with Gasteiger partial charge in [0, 0.05) is 10.7 Å². The molecule has 0 spiro atoms. The van der Waals surface area contributed by atoms with Crippen molar-refractivity contribution in [3.05, 3.63) is 106 Å². The van der Waals surface area contributed by atoms with Crippen molar-refractivity contribution in [1.29, 1.82) is 0 Å². The first-order chi connectivity index (χ1) is 16.1. The van der Waals surface area contributed by atoms with Crippen molar-refractivity contribution in [3.63, 3.8) is 0 Å². The van der Waals surface area contributed by atoms with Crippen molar-refractivity contribution in [2.24, 2.45) is 4.99 Å². The molecular weight excluding hydrogens is 436 g/mol. The van der Waals surface area contributed by atoms with Crippen molar-refractivity contribution >= 4 is 34.7 Å². The molecule has 5 rings (SSSR count). The summed E-state index contributed by atoms with van der Waals surface area (Å²) >= 11 is 6.48. The van der Waals surface area contributed by atoms with Gasteiger partial charge < -0.3 is 14.4 Å². The van der Waals surface area contributed by atoms with E-state index < -0.39 is 0 Å². The van der Waals surface area contributed by atoms with Gasteiger partial charge in [0.25, 0.3) is 0 Å².